The maximum Gasteiger partial charge on any atom is 0.288 e. The molecule has 5 nitrogen and oxygen atoms in total. The minimum atomic E-state index is -0.618. The highest BCUT2D eigenvalue weighted by Gasteiger charge is 2.36. The van der Waals surface area contributed by atoms with Gasteiger partial charge in [0.2, 0.25) is 5.76 Å². The number of nitrogens with one attached hydrogen (secondary N) is 1. The summed E-state index contributed by atoms with van der Waals surface area (Å²) in [5.74, 6) is 0.266. The van der Waals surface area contributed by atoms with E-state index >= 15 is 0 Å². The molecular formula is C24H16ClNO4. The molecule has 1 aromatic heterocycles. The van der Waals surface area contributed by atoms with Crippen molar-refractivity contribution in [2.75, 3.05) is 0 Å². The number of carbonyl (C=O) groups is 1. The molecule has 1 amide bonds. The van der Waals surface area contributed by atoms with E-state index in [1.165, 1.54) is 0 Å². The average molecular weight is 418 g/mol. The van der Waals surface area contributed by atoms with Gasteiger partial charge in [0.15, 0.2) is 5.43 Å². The van der Waals surface area contributed by atoms with Crippen molar-refractivity contribution < 1.29 is 13.9 Å². The minimum absolute atomic E-state index is 0.0374. The standard InChI is InChI=1S/C24H16ClNO4/c25-16-9-10-19-18(12-16)22(27)20-21(26-24(28)23(20)30-19)15-7-4-8-17(11-15)29-13-14-5-2-1-3-6-14/h1-12,21H,13H2,(H,26,28). The molecule has 1 unspecified atom stereocenters. The van der Waals surface area contributed by atoms with Crippen LogP contribution in [0.15, 0.2) is 82.0 Å². The van der Waals surface area contributed by atoms with Crippen LogP contribution >= 0.6 is 11.6 Å². The number of amides is 1. The van der Waals surface area contributed by atoms with E-state index in [2.05, 4.69) is 5.32 Å². The van der Waals surface area contributed by atoms with Gasteiger partial charge in [0.1, 0.15) is 17.9 Å². The second-order valence-corrected chi connectivity index (χ2v) is 7.50. The molecule has 5 rings (SSSR count). The van der Waals surface area contributed by atoms with Crippen LogP contribution < -0.4 is 15.5 Å². The highest BCUT2D eigenvalue weighted by molar-refractivity contribution is 6.31. The van der Waals surface area contributed by atoms with Crippen molar-refractivity contribution in [1.82, 2.24) is 5.32 Å². The van der Waals surface area contributed by atoms with Gasteiger partial charge in [0.05, 0.1) is 17.0 Å². The van der Waals surface area contributed by atoms with Gasteiger partial charge in [0.25, 0.3) is 5.91 Å². The summed E-state index contributed by atoms with van der Waals surface area (Å²) in [5.41, 5.74) is 2.13. The van der Waals surface area contributed by atoms with Gasteiger partial charge in [0, 0.05) is 5.02 Å². The molecule has 3 aromatic carbocycles. The Kier molecular flexibility index (Phi) is 4.52. The van der Waals surface area contributed by atoms with E-state index in [9.17, 15) is 9.59 Å². The molecule has 30 heavy (non-hydrogen) atoms. The minimum Gasteiger partial charge on any atom is -0.489 e. The van der Waals surface area contributed by atoms with Crippen molar-refractivity contribution in [3.8, 4) is 5.75 Å². The smallest absolute Gasteiger partial charge is 0.288 e. The lowest BCUT2D eigenvalue weighted by molar-refractivity contribution is 0.0938. The third-order valence-electron chi connectivity index (χ3n) is 5.10. The fraction of sp³-hybridized carbons (Fsp3) is 0.0833. The number of hydrogen-bond donors (Lipinski definition) is 1. The van der Waals surface area contributed by atoms with Gasteiger partial charge in [-0.3, -0.25) is 9.59 Å². The predicted octanol–water partition coefficient (Wildman–Crippen LogP) is 4.86. The molecule has 0 bridgehead atoms. The van der Waals surface area contributed by atoms with E-state index < -0.39 is 11.9 Å². The molecule has 0 spiro atoms. The molecule has 2 heterocycles. The molecule has 1 N–H and O–H groups in total. The Morgan fingerprint density at radius 3 is 2.63 bits per heavy atom. The Morgan fingerprint density at radius 2 is 1.80 bits per heavy atom. The monoisotopic (exact) mass is 417 g/mol. The number of halogens is 1. The summed E-state index contributed by atoms with van der Waals surface area (Å²) in [5, 5.41) is 3.62. The summed E-state index contributed by atoms with van der Waals surface area (Å²) in [4.78, 5) is 25.7. The third kappa shape index (κ3) is 3.23. The second-order valence-electron chi connectivity index (χ2n) is 7.07. The van der Waals surface area contributed by atoms with Gasteiger partial charge < -0.3 is 14.5 Å². The number of benzene rings is 3. The van der Waals surface area contributed by atoms with Crippen molar-refractivity contribution >= 4 is 28.5 Å². The molecule has 0 radical (unpaired) electrons. The predicted molar refractivity (Wildman–Crippen MR) is 114 cm³/mol. The van der Waals surface area contributed by atoms with E-state index in [0.29, 0.717) is 28.3 Å². The Labute approximate surface area is 176 Å². The molecule has 0 fully saturated rings. The van der Waals surface area contributed by atoms with E-state index in [1.54, 1.807) is 18.2 Å². The van der Waals surface area contributed by atoms with Crippen molar-refractivity contribution in [3.63, 3.8) is 0 Å². The molecule has 4 aromatic rings. The molecule has 1 atom stereocenters. The Morgan fingerprint density at radius 1 is 0.967 bits per heavy atom. The SMILES string of the molecule is O=C1NC(c2cccc(OCc3ccccc3)c2)c2c1oc1ccc(Cl)cc1c2=O. The van der Waals surface area contributed by atoms with Crippen LogP contribution in [0.25, 0.3) is 11.0 Å². The van der Waals surface area contributed by atoms with Crippen LogP contribution in [0.1, 0.15) is 33.3 Å². The maximum atomic E-state index is 13.2. The van der Waals surface area contributed by atoms with Crippen LogP contribution in [0.4, 0.5) is 0 Å². The van der Waals surface area contributed by atoms with Crippen molar-refractivity contribution in [2.24, 2.45) is 0 Å². The van der Waals surface area contributed by atoms with Crippen LogP contribution in [-0.4, -0.2) is 5.91 Å². The van der Waals surface area contributed by atoms with Crippen LogP contribution in [-0.2, 0) is 6.61 Å². The van der Waals surface area contributed by atoms with Crippen LogP contribution in [0.2, 0.25) is 5.02 Å². The molecule has 1 aliphatic heterocycles. The topological polar surface area (TPSA) is 68.5 Å². The highest BCUT2D eigenvalue weighted by atomic mass is 35.5. The first-order valence-electron chi connectivity index (χ1n) is 9.44. The van der Waals surface area contributed by atoms with Crippen LogP contribution in [0.5, 0.6) is 5.75 Å². The van der Waals surface area contributed by atoms with Crippen LogP contribution in [0, 0.1) is 0 Å². The fourth-order valence-corrected chi connectivity index (χ4v) is 3.83. The van der Waals surface area contributed by atoms with Gasteiger partial charge in [-0.05, 0) is 41.5 Å². The molecule has 0 saturated heterocycles. The summed E-state index contributed by atoms with van der Waals surface area (Å²) >= 11 is 6.05. The van der Waals surface area contributed by atoms with E-state index in [1.807, 2.05) is 54.6 Å². The van der Waals surface area contributed by atoms with E-state index in [0.717, 1.165) is 11.1 Å². The number of fused-ring (bicyclic) bond motifs is 2. The Balaban J connectivity index is 1.52. The van der Waals surface area contributed by atoms with Crippen molar-refractivity contribution in [1.29, 1.82) is 0 Å². The third-order valence-corrected chi connectivity index (χ3v) is 5.33. The lowest BCUT2D eigenvalue weighted by Crippen LogP contribution is -2.22. The Hall–Kier alpha value is -3.57. The normalized spacial score (nSPS) is 15.1. The molecular weight excluding hydrogens is 402 g/mol. The first kappa shape index (κ1) is 18.5. The zero-order chi connectivity index (χ0) is 20.7. The van der Waals surface area contributed by atoms with Gasteiger partial charge in [-0.2, -0.15) is 0 Å². The van der Waals surface area contributed by atoms with Crippen molar-refractivity contribution in [3.05, 3.63) is 110 Å². The molecule has 148 valence electrons. The summed E-state index contributed by atoms with van der Waals surface area (Å²) in [6, 6.07) is 21.3. The first-order chi connectivity index (χ1) is 14.6. The average Bonchev–Trinajstić information content (AvgIpc) is 3.10. The molecule has 6 heteroatoms. The first-order valence-corrected chi connectivity index (χ1v) is 9.82. The van der Waals surface area contributed by atoms with Gasteiger partial charge in [-0.25, -0.2) is 0 Å². The quantitative estimate of drug-likeness (QED) is 0.515. The number of carbonyl (C=O) groups excluding carboxylic acids is 1. The van der Waals surface area contributed by atoms with Gasteiger partial charge >= 0.3 is 0 Å². The molecule has 0 saturated carbocycles. The van der Waals surface area contributed by atoms with Gasteiger partial charge in [-0.1, -0.05) is 54.1 Å². The lowest BCUT2D eigenvalue weighted by atomic mass is 9.99. The number of rotatable bonds is 4. The fourth-order valence-electron chi connectivity index (χ4n) is 3.66. The van der Waals surface area contributed by atoms with E-state index in [4.69, 9.17) is 20.8 Å². The van der Waals surface area contributed by atoms with Crippen LogP contribution in [0.3, 0.4) is 0 Å². The summed E-state index contributed by atoms with van der Waals surface area (Å²) in [7, 11) is 0. The summed E-state index contributed by atoms with van der Waals surface area (Å²) < 4.78 is 11.6. The maximum absolute atomic E-state index is 13.2. The number of hydrogen-bond acceptors (Lipinski definition) is 4. The molecule has 1 aliphatic rings. The zero-order valence-electron chi connectivity index (χ0n) is 15.7. The second kappa shape index (κ2) is 7.35. The molecule has 0 aliphatic carbocycles. The highest BCUT2D eigenvalue weighted by Crippen LogP contribution is 2.33. The number of ether oxygens (including phenoxy) is 1. The van der Waals surface area contributed by atoms with Gasteiger partial charge in [-0.15, -0.1) is 0 Å². The zero-order valence-corrected chi connectivity index (χ0v) is 16.5. The lowest BCUT2D eigenvalue weighted by Gasteiger charge is -2.14. The van der Waals surface area contributed by atoms with Crippen molar-refractivity contribution in [2.45, 2.75) is 12.6 Å². The largest absolute Gasteiger partial charge is 0.489 e. The van der Waals surface area contributed by atoms with E-state index in [-0.39, 0.29) is 16.8 Å². The summed E-state index contributed by atoms with van der Waals surface area (Å²) in [6.45, 7) is 0.420. The summed E-state index contributed by atoms with van der Waals surface area (Å²) in [6.07, 6.45) is 0. The Bertz CT molecular complexity index is 1330.